The van der Waals surface area contributed by atoms with Gasteiger partial charge in [0.2, 0.25) is 5.91 Å². The molecule has 1 atom stereocenters. The van der Waals surface area contributed by atoms with Crippen LogP contribution in [0.3, 0.4) is 0 Å². The van der Waals surface area contributed by atoms with E-state index in [0.29, 0.717) is 6.54 Å². The van der Waals surface area contributed by atoms with Gasteiger partial charge in [-0.1, -0.05) is 36.4 Å². The van der Waals surface area contributed by atoms with Crippen molar-refractivity contribution in [2.75, 3.05) is 18.0 Å². The van der Waals surface area contributed by atoms with E-state index in [9.17, 15) is 9.90 Å². The SMILES string of the molecule is CC(O)(CC(=O)NCc1ccc(N2CCCC2)nc1)c1ccccc1. The number of anilines is 1. The number of nitrogens with one attached hydrogen (secondary N) is 1. The molecule has 1 saturated heterocycles. The number of hydrogen-bond donors (Lipinski definition) is 2. The monoisotopic (exact) mass is 339 g/mol. The van der Waals surface area contributed by atoms with Gasteiger partial charge >= 0.3 is 0 Å². The minimum Gasteiger partial charge on any atom is -0.385 e. The fourth-order valence-electron chi connectivity index (χ4n) is 3.13. The van der Waals surface area contributed by atoms with E-state index in [-0.39, 0.29) is 12.3 Å². The Balaban J connectivity index is 1.52. The summed E-state index contributed by atoms with van der Waals surface area (Å²) in [5.74, 6) is 0.817. The van der Waals surface area contributed by atoms with Gasteiger partial charge in [0, 0.05) is 25.8 Å². The Bertz CT molecular complexity index is 693. The minimum atomic E-state index is -1.18. The molecular formula is C20H25N3O2. The summed E-state index contributed by atoms with van der Waals surface area (Å²) < 4.78 is 0. The topological polar surface area (TPSA) is 65.5 Å². The van der Waals surface area contributed by atoms with Gasteiger partial charge in [-0.2, -0.15) is 0 Å². The summed E-state index contributed by atoms with van der Waals surface area (Å²) in [6.45, 7) is 4.21. The van der Waals surface area contributed by atoms with Gasteiger partial charge in [0.1, 0.15) is 5.82 Å². The molecule has 0 radical (unpaired) electrons. The second-order valence-electron chi connectivity index (χ2n) is 6.81. The van der Waals surface area contributed by atoms with Crippen molar-refractivity contribution < 1.29 is 9.90 Å². The summed E-state index contributed by atoms with van der Waals surface area (Å²) in [7, 11) is 0. The highest BCUT2D eigenvalue weighted by molar-refractivity contribution is 5.77. The minimum absolute atomic E-state index is 0.0241. The Morgan fingerprint density at radius 2 is 1.92 bits per heavy atom. The zero-order valence-electron chi connectivity index (χ0n) is 14.6. The Hall–Kier alpha value is -2.40. The number of amides is 1. The van der Waals surface area contributed by atoms with Crippen molar-refractivity contribution in [3.05, 3.63) is 59.8 Å². The number of carbonyl (C=O) groups excluding carboxylic acids is 1. The van der Waals surface area contributed by atoms with Crippen molar-refractivity contribution in [2.45, 2.75) is 38.3 Å². The van der Waals surface area contributed by atoms with Gasteiger partial charge in [-0.15, -0.1) is 0 Å². The lowest BCUT2D eigenvalue weighted by Gasteiger charge is -2.23. The van der Waals surface area contributed by atoms with Gasteiger partial charge in [0.25, 0.3) is 0 Å². The standard InChI is InChI=1S/C20H25N3O2/c1-20(25,17-7-3-2-4-8-17)13-19(24)22-15-16-9-10-18(21-14-16)23-11-5-6-12-23/h2-4,7-10,14,25H,5-6,11-13,15H2,1H3,(H,22,24). The second kappa shape index (κ2) is 7.66. The maximum Gasteiger partial charge on any atom is 0.223 e. The summed E-state index contributed by atoms with van der Waals surface area (Å²) in [6.07, 6.45) is 4.28. The zero-order chi connectivity index (χ0) is 17.7. The normalized spacial score (nSPS) is 16.5. The van der Waals surface area contributed by atoms with Crippen LogP contribution in [0, 0.1) is 0 Å². The second-order valence-corrected chi connectivity index (χ2v) is 6.81. The van der Waals surface area contributed by atoms with E-state index in [1.807, 2.05) is 48.7 Å². The van der Waals surface area contributed by atoms with Crippen molar-refractivity contribution >= 4 is 11.7 Å². The predicted molar refractivity (Wildman–Crippen MR) is 98.2 cm³/mol. The number of rotatable bonds is 6. The highest BCUT2D eigenvalue weighted by atomic mass is 16.3. The van der Waals surface area contributed by atoms with Crippen LogP contribution in [-0.2, 0) is 16.9 Å². The van der Waals surface area contributed by atoms with Gasteiger partial charge in [-0.25, -0.2) is 4.98 Å². The molecule has 1 unspecified atom stereocenters. The molecule has 0 aliphatic carbocycles. The average Bonchev–Trinajstić information content (AvgIpc) is 3.15. The van der Waals surface area contributed by atoms with E-state index < -0.39 is 5.60 Å². The first-order chi connectivity index (χ1) is 12.0. The summed E-state index contributed by atoms with van der Waals surface area (Å²) in [5, 5.41) is 13.4. The van der Waals surface area contributed by atoms with E-state index in [1.165, 1.54) is 12.8 Å². The number of benzene rings is 1. The molecule has 0 saturated carbocycles. The lowest BCUT2D eigenvalue weighted by atomic mass is 9.92. The van der Waals surface area contributed by atoms with Crippen LogP contribution in [0.5, 0.6) is 0 Å². The highest BCUT2D eigenvalue weighted by Crippen LogP contribution is 2.24. The molecule has 1 fully saturated rings. The molecule has 1 aromatic carbocycles. The third-order valence-corrected chi connectivity index (χ3v) is 4.63. The first-order valence-electron chi connectivity index (χ1n) is 8.79. The molecule has 1 aliphatic rings. The largest absolute Gasteiger partial charge is 0.385 e. The first kappa shape index (κ1) is 17.4. The molecule has 1 aliphatic heterocycles. The Morgan fingerprint density at radius 3 is 2.56 bits per heavy atom. The van der Waals surface area contributed by atoms with Crippen molar-refractivity contribution in [3.8, 4) is 0 Å². The van der Waals surface area contributed by atoms with Crippen molar-refractivity contribution in [3.63, 3.8) is 0 Å². The summed E-state index contributed by atoms with van der Waals surface area (Å²) >= 11 is 0. The van der Waals surface area contributed by atoms with Gasteiger partial charge < -0.3 is 15.3 Å². The number of nitrogens with zero attached hydrogens (tertiary/aromatic N) is 2. The molecule has 25 heavy (non-hydrogen) atoms. The maximum atomic E-state index is 12.2. The lowest BCUT2D eigenvalue weighted by molar-refractivity contribution is -0.126. The zero-order valence-corrected chi connectivity index (χ0v) is 14.6. The van der Waals surface area contributed by atoms with Crippen molar-refractivity contribution in [1.29, 1.82) is 0 Å². The first-order valence-corrected chi connectivity index (χ1v) is 8.79. The fraction of sp³-hybridized carbons (Fsp3) is 0.400. The third-order valence-electron chi connectivity index (χ3n) is 4.63. The van der Waals surface area contributed by atoms with E-state index in [0.717, 1.165) is 30.0 Å². The molecule has 132 valence electrons. The Kier molecular flexibility index (Phi) is 5.34. The molecule has 1 aromatic heterocycles. The van der Waals surface area contributed by atoms with Gasteiger partial charge in [0.05, 0.1) is 12.0 Å². The molecule has 0 spiro atoms. The van der Waals surface area contributed by atoms with Crippen LogP contribution >= 0.6 is 0 Å². The molecule has 5 nitrogen and oxygen atoms in total. The number of aliphatic hydroxyl groups is 1. The molecule has 2 N–H and O–H groups in total. The highest BCUT2D eigenvalue weighted by Gasteiger charge is 2.26. The average molecular weight is 339 g/mol. The van der Waals surface area contributed by atoms with E-state index in [1.54, 1.807) is 6.92 Å². The van der Waals surface area contributed by atoms with Crippen molar-refractivity contribution in [2.24, 2.45) is 0 Å². The van der Waals surface area contributed by atoms with Gasteiger partial charge in [0.15, 0.2) is 0 Å². The molecule has 3 rings (SSSR count). The predicted octanol–water partition coefficient (Wildman–Crippen LogP) is 2.60. The van der Waals surface area contributed by atoms with Crippen LogP contribution in [0.2, 0.25) is 0 Å². The van der Waals surface area contributed by atoms with Gasteiger partial charge in [-0.05, 0) is 37.0 Å². The van der Waals surface area contributed by atoms with E-state index >= 15 is 0 Å². The number of hydrogen-bond acceptors (Lipinski definition) is 4. The Morgan fingerprint density at radius 1 is 1.20 bits per heavy atom. The fourth-order valence-corrected chi connectivity index (χ4v) is 3.13. The van der Waals surface area contributed by atoms with Crippen LogP contribution in [0.25, 0.3) is 0 Å². The lowest BCUT2D eigenvalue weighted by Crippen LogP contribution is -2.32. The van der Waals surface area contributed by atoms with Crippen molar-refractivity contribution in [1.82, 2.24) is 10.3 Å². The molecule has 5 heteroatoms. The smallest absolute Gasteiger partial charge is 0.223 e. The number of aromatic nitrogens is 1. The van der Waals surface area contributed by atoms with Crippen LogP contribution in [0.4, 0.5) is 5.82 Å². The maximum absolute atomic E-state index is 12.2. The van der Waals surface area contributed by atoms with E-state index in [2.05, 4.69) is 15.2 Å². The van der Waals surface area contributed by atoms with Crippen LogP contribution in [0.1, 0.15) is 37.3 Å². The number of pyridine rings is 1. The van der Waals surface area contributed by atoms with E-state index in [4.69, 9.17) is 0 Å². The summed E-state index contributed by atoms with van der Waals surface area (Å²) in [6, 6.07) is 13.3. The Labute approximate surface area is 148 Å². The van der Waals surface area contributed by atoms with Crippen LogP contribution in [-0.4, -0.2) is 29.1 Å². The molecule has 1 amide bonds. The molecular weight excluding hydrogens is 314 g/mol. The molecule has 2 aromatic rings. The quantitative estimate of drug-likeness (QED) is 0.849. The summed E-state index contributed by atoms with van der Waals surface area (Å²) in [5.41, 5.74) is 0.515. The molecule has 2 heterocycles. The van der Waals surface area contributed by atoms with Crippen LogP contribution < -0.4 is 10.2 Å². The third kappa shape index (κ3) is 4.57. The summed E-state index contributed by atoms with van der Waals surface area (Å²) in [4.78, 5) is 18.9. The number of carbonyl (C=O) groups is 1. The van der Waals surface area contributed by atoms with Gasteiger partial charge in [-0.3, -0.25) is 4.79 Å². The molecule has 0 bridgehead atoms. The van der Waals surface area contributed by atoms with Crippen LogP contribution in [0.15, 0.2) is 48.7 Å².